The van der Waals surface area contributed by atoms with Crippen LogP contribution < -0.4 is 10.8 Å². The normalized spacial score (nSPS) is 8.46. The summed E-state index contributed by atoms with van der Waals surface area (Å²) in [6.45, 7) is 3.01. The highest BCUT2D eigenvalue weighted by Crippen LogP contribution is 2.12. The van der Waals surface area contributed by atoms with Crippen molar-refractivity contribution in [1.82, 2.24) is 0 Å². The highest BCUT2D eigenvalue weighted by Gasteiger charge is 1.99. The zero-order chi connectivity index (χ0) is 10.3. The molecule has 0 bridgehead atoms. The maximum absolute atomic E-state index is 10.4. The van der Waals surface area contributed by atoms with Crippen LogP contribution in [-0.4, -0.2) is 11.5 Å². The van der Waals surface area contributed by atoms with Gasteiger partial charge in [0.15, 0.2) is 0 Å². The SMILES string of the molecule is CC[NH3+].O=[N+]([O-])c1ccc([O-])cc1. The molecule has 5 heteroatoms. The third-order valence-corrected chi connectivity index (χ3v) is 1.05. The van der Waals surface area contributed by atoms with E-state index in [9.17, 15) is 15.2 Å². The van der Waals surface area contributed by atoms with Gasteiger partial charge in [0.2, 0.25) is 0 Å². The van der Waals surface area contributed by atoms with Gasteiger partial charge in [0.25, 0.3) is 5.69 Å². The van der Waals surface area contributed by atoms with Crippen LogP contribution in [0, 0.1) is 10.1 Å². The Balaban J connectivity index is 0.000000424. The summed E-state index contributed by atoms with van der Waals surface area (Å²) in [4.78, 5) is 9.47. The zero-order valence-electron chi connectivity index (χ0n) is 7.40. The van der Waals surface area contributed by atoms with Gasteiger partial charge in [0.05, 0.1) is 11.5 Å². The first-order valence-corrected chi connectivity index (χ1v) is 3.82. The molecule has 0 aromatic heterocycles. The van der Waals surface area contributed by atoms with Crippen molar-refractivity contribution in [2.24, 2.45) is 0 Å². The summed E-state index contributed by atoms with van der Waals surface area (Å²) in [7, 11) is 0. The number of quaternary nitrogens is 1. The number of hydrogen-bond acceptors (Lipinski definition) is 3. The smallest absolute Gasteiger partial charge is 0.269 e. The zero-order valence-corrected chi connectivity index (χ0v) is 7.40. The molecule has 0 saturated carbocycles. The lowest BCUT2D eigenvalue weighted by Crippen LogP contribution is -2.48. The fraction of sp³-hybridized carbons (Fsp3) is 0.250. The fourth-order valence-electron chi connectivity index (χ4n) is 0.568. The maximum Gasteiger partial charge on any atom is 0.269 e. The molecule has 0 amide bonds. The van der Waals surface area contributed by atoms with Crippen LogP contribution in [0.3, 0.4) is 0 Å². The predicted octanol–water partition coefficient (Wildman–Crippen LogP) is -0.0834. The highest BCUT2D eigenvalue weighted by atomic mass is 16.6. The summed E-state index contributed by atoms with van der Waals surface area (Å²) < 4.78 is 0. The Morgan fingerprint density at radius 1 is 1.38 bits per heavy atom. The van der Waals surface area contributed by atoms with E-state index in [1.165, 1.54) is 12.1 Å². The van der Waals surface area contributed by atoms with Crippen LogP contribution in [-0.2, 0) is 0 Å². The summed E-state index contributed by atoms with van der Waals surface area (Å²) in [5.41, 5.74) is 3.43. The molecule has 0 aliphatic rings. The number of nitro groups is 1. The lowest BCUT2D eigenvalue weighted by atomic mass is 10.3. The molecule has 0 radical (unpaired) electrons. The van der Waals surface area contributed by atoms with E-state index in [4.69, 9.17) is 0 Å². The number of non-ortho nitro benzene ring substituents is 1. The summed E-state index contributed by atoms with van der Waals surface area (Å²) in [6.07, 6.45) is 0. The average molecular weight is 184 g/mol. The molecule has 72 valence electrons. The first-order valence-electron chi connectivity index (χ1n) is 3.82. The molecule has 1 aromatic rings. The van der Waals surface area contributed by atoms with E-state index in [0.717, 1.165) is 18.7 Å². The van der Waals surface area contributed by atoms with Crippen molar-refractivity contribution in [2.75, 3.05) is 6.54 Å². The molecule has 0 fully saturated rings. The number of benzene rings is 1. The molecular weight excluding hydrogens is 172 g/mol. The first-order chi connectivity index (χ1) is 6.11. The van der Waals surface area contributed by atoms with Crippen LogP contribution in [0.1, 0.15) is 6.92 Å². The van der Waals surface area contributed by atoms with Gasteiger partial charge < -0.3 is 10.8 Å². The van der Waals surface area contributed by atoms with Crippen molar-refractivity contribution in [3.05, 3.63) is 34.4 Å². The van der Waals surface area contributed by atoms with E-state index >= 15 is 0 Å². The van der Waals surface area contributed by atoms with Gasteiger partial charge in [-0.3, -0.25) is 10.1 Å². The second-order valence-electron chi connectivity index (χ2n) is 2.25. The Morgan fingerprint density at radius 2 is 1.77 bits per heavy atom. The minimum absolute atomic E-state index is 0.0559. The molecule has 0 unspecified atom stereocenters. The average Bonchev–Trinajstić information content (AvgIpc) is 2.06. The second-order valence-corrected chi connectivity index (χ2v) is 2.25. The van der Waals surface area contributed by atoms with Crippen LogP contribution in [0.2, 0.25) is 0 Å². The van der Waals surface area contributed by atoms with Gasteiger partial charge in [-0.05, 0) is 6.92 Å². The van der Waals surface area contributed by atoms with Gasteiger partial charge in [-0.1, -0.05) is 12.1 Å². The van der Waals surface area contributed by atoms with Gasteiger partial charge in [-0.25, -0.2) is 0 Å². The van der Waals surface area contributed by atoms with Crippen LogP contribution in [0.4, 0.5) is 5.69 Å². The van der Waals surface area contributed by atoms with E-state index in [1.54, 1.807) is 0 Å². The van der Waals surface area contributed by atoms with Crippen molar-refractivity contribution in [2.45, 2.75) is 6.92 Å². The molecule has 0 aliphatic heterocycles. The molecule has 0 spiro atoms. The molecule has 1 aromatic carbocycles. The molecule has 3 N–H and O–H groups in total. The molecule has 5 nitrogen and oxygen atoms in total. The maximum atomic E-state index is 10.4. The Hall–Kier alpha value is -1.62. The van der Waals surface area contributed by atoms with Gasteiger partial charge in [-0.2, -0.15) is 0 Å². The summed E-state index contributed by atoms with van der Waals surface area (Å²) in [5, 5.41) is 20.4. The van der Waals surface area contributed by atoms with Crippen LogP contribution in [0.25, 0.3) is 0 Å². The Labute approximate surface area is 76.0 Å². The summed E-state index contributed by atoms with van der Waals surface area (Å²) in [6, 6.07) is 4.70. The van der Waals surface area contributed by atoms with Crippen molar-refractivity contribution in [3.8, 4) is 5.75 Å². The number of hydrogen-bond donors (Lipinski definition) is 1. The fourth-order valence-corrected chi connectivity index (χ4v) is 0.568. The molecule has 0 heterocycles. The van der Waals surface area contributed by atoms with E-state index in [-0.39, 0.29) is 11.4 Å². The molecular formula is C8H12N2O3. The van der Waals surface area contributed by atoms with E-state index in [1.807, 2.05) is 6.92 Å². The predicted molar refractivity (Wildman–Crippen MR) is 46.0 cm³/mol. The van der Waals surface area contributed by atoms with Crippen molar-refractivity contribution in [3.63, 3.8) is 0 Å². The van der Waals surface area contributed by atoms with Gasteiger partial charge in [0, 0.05) is 12.1 Å². The molecule has 0 atom stereocenters. The number of rotatable bonds is 1. The summed E-state index contributed by atoms with van der Waals surface area (Å²) in [5.74, 6) is -0.217. The largest absolute Gasteiger partial charge is 0.872 e. The van der Waals surface area contributed by atoms with Crippen molar-refractivity contribution < 1.29 is 15.8 Å². The molecule has 0 aliphatic carbocycles. The Kier molecular flexibility index (Phi) is 5.22. The van der Waals surface area contributed by atoms with E-state index < -0.39 is 4.92 Å². The van der Waals surface area contributed by atoms with Crippen LogP contribution >= 0.6 is 0 Å². The molecule has 0 saturated heterocycles. The van der Waals surface area contributed by atoms with Gasteiger partial charge >= 0.3 is 0 Å². The Morgan fingerprint density at radius 3 is 2.08 bits per heavy atom. The van der Waals surface area contributed by atoms with Gasteiger partial charge in [0.1, 0.15) is 0 Å². The van der Waals surface area contributed by atoms with Crippen molar-refractivity contribution in [1.29, 1.82) is 0 Å². The standard InChI is InChI=1S/C6H5NO3.C2H7N/c8-6-3-1-5(2-4-6)7(9)10;1-2-3/h1-4,8H;2-3H2,1H3. The summed E-state index contributed by atoms with van der Waals surface area (Å²) >= 11 is 0. The highest BCUT2D eigenvalue weighted by molar-refractivity contribution is 5.34. The van der Waals surface area contributed by atoms with Crippen LogP contribution in [0.5, 0.6) is 5.75 Å². The van der Waals surface area contributed by atoms with E-state index in [2.05, 4.69) is 5.73 Å². The quantitative estimate of drug-likeness (QED) is 0.488. The minimum atomic E-state index is -0.542. The second kappa shape index (κ2) is 5.96. The lowest BCUT2D eigenvalue weighted by molar-refractivity contribution is -0.385. The minimum Gasteiger partial charge on any atom is -0.872 e. The first kappa shape index (κ1) is 11.4. The third-order valence-electron chi connectivity index (χ3n) is 1.05. The molecule has 1 rings (SSSR count). The lowest BCUT2D eigenvalue weighted by Gasteiger charge is -2.00. The topological polar surface area (TPSA) is 93.8 Å². The number of nitro benzene ring substituents is 1. The Bertz CT molecular complexity index is 259. The van der Waals surface area contributed by atoms with E-state index in [0.29, 0.717) is 0 Å². The third kappa shape index (κ3) is 4.76. The monoisotopic (exact) mass is 184 g/mol. The molecule has 13 heavy (non-hydrogen) atoms. The number of nitrogens with zero attached hydrogens (tertiary/aromatic N) is 1. The van der Waals surface area contributed by atoms with Crippen LogP contribution in [0.15, 0.2) is 24.3 Å². The van der Waals surface area contributed by atoms with Crippen molar-refractivity contribution >= 4 is 5.69 Å². The van der Waals surface area contributed by atoms with Gasteiger partial charge in [-0.15, -0.1) is 5.75 Å².